The van der Waals surface area contributed by atoms with Crippen molar-refractivity contribution in [3.63, 3.8) is 0 Å². The third kappa shape index (κ3) is 5.61. The molecule has 0 radical (unpaired) electrons. The molecule has 1 aliphatic rings. The van der Waals surface area contributed by atoms with E-state index in [0.717, 1.165) is 17.7 Å². The minimum absolute atomic E-state index is 0.0142. The molecule has 1 aromatic carbocycles. The summed E-state index contributed by atoms with van der Waals surface area (Å²) in [5.41, 5.74) is 1.44. The first-order valence-electron chi connectivity index (χ1n) is 8.98. The first-order chi connectivity index (χ1) is 13.2. The fraction of sp³-hybridized carbons (Fsp3) is 0.350. The van der Waals surface area contributed by atoms with Crippen molar-refractivity contribution in [2.75, 3.05) is 18.4 Å². The van der Waals surface area contributed by atoms with Gasteiger partial charge in [0.15, 0.2) is 5.66 Å². The first-order valence-corrected chi connectivity index (χ1v) is 8.98. The second-order valence-corrected chi connectivity index (χ2v) is 6.33. The van der Waals surface area contributed by atoms with Gasteiger partial charge < -0.3 is 10.6 Å². The van der Waals surface area contributed by atoms with Crippen LogP contribution in [0.2, 0.25) is 0 Å². The third-order valence-corrected chi connectivity index (χ3v) is 4.29. The van der Waals surface area contributed by atoms with Crippen LogP contribution in [0.1, 0.15) is 25.7 Å². The summed E-state index contributed by atoms with van der Waals surface area (Å²) in [6.07, 6.45) is 7.61. The molecule has 3 rings (SSSR count). The van der Waals surface area contributed by atoms with Crippen molar-refractivity contribution in [1.29, 1.82) is 0 Å². The van der Waals surface area contributed by atoms with Gasteiger partial charge in [-0.2, -0.15) is 10.2 Å². The van der Waals surface area contributed by atoms with E-state index in [9.17, 15) is 4.79 Å². The fourth-order valence-corrected chi connectivity index (χ4v) is 2.65. The number of hydrogen-bond donors (Lipinski definition) is 2. The molecule has 0 spiro atoms. The standard InChI is InChI=1S/C20H22N6O/c1-2-3-12-20(25-26-20)13-11-19(27)22-15-14-21-18-10-9-17(23-24-18)16-7-5-4-6-8-16/h1,4-10H,3,11-15H2,(H,21,24)(H,22,27). The Morgan fingerprint density at radius 2 is 1.85 bits per heavy atom. The van der Waals surface area contributed by atoms with Gasteiger partial charge in [-0.15, -0.1) is 22.5 Å². The van der Waals surface area contributed by atoms with E-state index in [2.05, 4.69) is 37.0 Å². The lowest BCUT2D eigenvalue weighted by Crippen LogP contribution is -2.29. The van der Waals surface area contributed by atoms with E-state index in [-0.39, 0.29) is 5.91 Å². The zero-order valence-corrected chi connectivity index (χ0v) is 15.1. The van der Waals surface area contributed by atoms with Gasteiger partial charge in [0.05, 0.1) is 5.69 Å². The predicted octanol–water partition coefficient (Wildman–Crippen LogP) is 3.03. The molecule has 27 heavy (non-hydrogen) atoms. The predicted molar refractivity (Wildman–Crippen MR) is 104 cm³/mol. The normalized spacial score (nSPS) is 13.6. The Morgan fingerprint density at radius 1 is 1.04 bits per heavy atom. The number of nitrogens with one attached hydrogen (secondary N) is 2. The Kier molecular flexibility index (Phi) is 6.10. The molecule has 0 aliphatic carbocycles. The van der Waals surface area contributed by atoms with Crippen LogP contribution in [0.25, 0.3) is 11.3 Å². The van der Waals surface area contributed by atoms with Crippen LogP contribution in [0.3, 0.4) is 0 Å². The van der Waals surface area contributed by atoms with Gasteiger partial charge in [-0.25, -0.2) is 0 Å². The lowest BCUT2D eigenvalue weighted by Gasteiger charge is -2.10. The highest BCUT2D eigenvalue weighted by atomic mass is 16.1. The molecule has 2 N–H and O–H groups in total. The van der Waals surface area contributed by atoms with Crippen molar-refractivity contribution in [2.24, 2.45) is 10.2 Å². The van der Waals surface area contributed by atoms with Gasteiger partial charge in [-0.3, -0.25) is 4.79 Å². The lowest BCUT2D eigenvalue weighted by molar-refractivity contribution is -0.121. The van der Waals surface area contributed by atoms with Gasteiger partial charge in [0.2, 0.25) is 5.91 Å². The second kappa shape index (κ2) is 8.90. The molecule has 2 aromatic rings. The van der Waals surface area contributed by atoms with Crippen molar-refractivity contribution in [3.8, 4) is 23.6 Å². The number of nitrogens with zero attached hydrogens (tertiary/aromatic N) is 4. The van der Waals surface area contributed by atoms with Crippen LogP contribution in [-0.2, 0) is 4.79 Å². The molecule has 0 atom stereocenters. The largest absolute Gasteiger partial charge is 0.367 e. The first kappa shape index (κ1) is 18.5. The van der Waals surface area contributed by atoms with Crippen LogP contribution >= 0.6 is 0 Å². The Hall–Kier alpha value is -3.27. The number of carbonyl (C=O) groups excluding carboxylic acids is 1. The number of aromatic nitrogens is 2. The SMILES string of the molecule is C#CCCC1(CCC(=O)NCCNc2ccc(-c3ccccc3)nn2)N=N1. The zero-order valence-electron chi connectivity index (χ0n) is 15.1. The smallest absolute Gasteiger partial charge is 0.220 e. The molecule has 0 fully saturated rings. The summed E-state index contributed by atoms with van der Waals surface area (Å²) >= 11 is 0. The molecular formula is C20H22N6O. The highest BCUT2D eigenvalue weighted by Crippen LogP contribution is 2.37. The van der Waals surface area contributed by atoms with Gasteiger partial charge in [0.25, 0.3) is 0 Å². The van der Waals surface area contributed by atoms with E-state index >= 15 is 0 Å². The average Bonchev–Trinajstić information content (AvgIpc) is 3.49. The minimum atomic E-state index is -0.405. The second-order valence-electron chi connectivity index (χ2n) is 6.33. The Labute approximate surface area is 158 Å². The molecule has 0 saturated carbocycles. The number of carbonyl (C=O) groups is 1. The van der Waals surface area contributed by atoms with Gasteiger partial charge in [0, 0.05) is 44.3 Å². The molecule has 0 bridgehead atoms. The maximum Gasteiger partial charge on any atom is 0.220 e. The summed E-state index contributed by atoms with van der Waals surface area (Å²) < 4.78 is 0. The van der Waals surface area contributed by atoms with E-state index in [0.29, 0.717) is 38.2 Å². The molecule has 0 unspecified atom stereocenters. The van der Waals surface area contributed by atoms with E-state index in [1.54, 1.807) is 0 Å². The third-order valence-electron chi connectivity index (χ3n) is 4.29. The molecule has 2 heterocycles. The Balaban J connectivity index is 1.33. The van der Waals surface area contributed by atoms with E-state index < -0.39 is 5.66 Å². The van der Waals surface area contributed by atoms with Crippen LogP contribution in [0.4, 0.5) is 5.82 Å². The average molecular weight is 362 g/mol. The van der Waals surface area contributed by atoms with Gasteiger partial charge in [-0.1, -0.05) is 30.3 Å². The summed E-state index contributed by atoms with van der Waals surface area (Å²) in [6.45, 7) is 1.08. The number of anilines is 1. The molecular weight excluding hydrogens is 340 g/mol. The summed E-state index contributed by atoms with van der Waals surface area (Å²) in [4.78, 5) is 11.9. The highest BCUT2D eigenvalue weighted by molar-refractivity contribution is 5.76. The van der Waals surface area contributed by atoms with Gasteiger partial charge in [-0.05, 0) is 12.1 Å². The Bertz CT molecular complexity index is 820. The molecule has 1 amide bonds. The Morgan fingerprint density at radius 3 is 2.52 bits per heavy atom. The summed E-state index contributed by atoms with van der Waals surface area (Å²) in [6, 6.07) is 13.7. The molecule has 7 heteroatoms. The van der Waals surface area contributed by atoms with Crippen molar-refractivity contribution in [3.05, 3.63) is 42.5 Å². The van der Waals surface area contributed by atoms with Crippen molar-refractivity contribution in [2.45, 2.75) is 31.3 Å². The van der Waals surface area contributed by atoms with Crippen LogP contribution in [-0.4, -0.2) is 34.9 Å². The van der Waals surface area contributed by atoms with Crippen LogP contribution < -0.4 is 10.6 Å². The number of hydrogen-bond acceptors (Lipinski definition) is 6. The minimum Gasteiger partial charge on any atom is -0.367 e. The maximum absolute atomic E-state index is 11.9. The molecule has 138 valence electrons. The van der Waals surface area contributed by atoms with Crippen molar-refractivity contribution >= 4 is 11.7 Å². The van der Waals surface area contributed by atoms with Gasteiger partial charge in [0.1, 0.15) is 5.82 Å². The summed E-state index contributed by atoms with van der Waals surface area (Å²) in [5, 5.41) is 22.5. The molecule has 1 aliphatic heterocycles. The summed E-state index contributed by atoms with van der Waals surface area (Å²) in [7, 11) is 0. The molecule has 1 aromatic heterocycles. The number of rotatable bonds is 10. The van der Waals surface area contributed by atoms with Crippen LogP contribution in [0, 0.1) is 12.3 Å². The summed E-state index contributed by atoms with van der Waals surface area (Å²) in [5.74, 6) is 3.24. The molecule has 7 nitrogen and oxygen atoms in total. The highest BCUT2D eigenvalue weighted by Gasteiger charge is 2.39. The zero-order chi connectivity index (χ0) is 19.0. The van der Waals surface area contributed by atoms with E-state index in [1.807, 2.05) is 42.5 Å². The monoisotopic (exact) mass is 362 g/mol. The topological polar surface area (TPSA) is 91.6 Å². The van der Waals surface area contributed by atoms with Crippen LogP contribution in [0.5, 0.6) is 0 Å². The number of benzene rings is 1. The number of terminal acetylenes is 1. The lowest BCUT2D eigenvalue weighted by atomic mass is 10.0. The van der Waals surface area contributed by atoms with Crippen molar-refractivity contribution in [1.82, 2.24) is 15.5 Å². The van der Waals surface area contributed by atoms with Crippen molar-refractivity contribution < 1.29 is 4.79 Å². The van der Waals surface area contributed by atoms with Crippen LogP contribution in [0.15, 0.2) is 52.7 Å². The number of amides is 1. The quantitative estimate of drug-likeness (QED) is 0.502. The maximum atomic E-state index is 11.9. The van der Waals surface area contributed by atoms with E-state index in [1.165, 1.54) is 0 Å². The fourth-order valence-electron chi connectivity index (χ4n) is 2.65. The van der Waals surface area contributed by atoms with Gasteiger partial charge >= 0.3 is 0 Å². The van der Waals surface area contributed by atoms with E-state index in [4.69, 9.17) is 6.42 Å². The molecule has 0 saturated heterocycles.